The minimum Gasteiger partial charge on any atom is -0.341 e. The molecule has 2 saturated carbocycles. The lowest BCUT2D eigenvalue weighted by atomic mass is 9.77. The van der Waals surface area contributed by atoms with Gasteiger partial charge in [0.05, 0.1) is 5.41 Å². The van der Waals surface area contributed by atoms with Crippen LogP contribution >= 0.6 is 28.3 Å². The molecule has 1 aromatic carbocycles. The first-order chi connectivity index (χ1) is 11.1. The molecule has 5 heteroatoms. The highest BCUT2D eigenvalue weighted by molar-refractivity contribution is 9.10. The van der Waals surface area contributed by atoms with Crippen molar-refractivity contribution in [2.45, 2.75) is 50.0 Å². The molecule has 2 N–H and O–H groups in total. The molecule has 24 heavy (non-hydrogen) atoms. The maximum atomic E-state index is 13.5. The van der Waals surface area contributed by atoms with Crippen molar-refractivity contribution in [3.63, 3.8) is 0 Å². The third kappa shape index (κ3) is 2.91. The summed E-state index contributed by atoms with van der Waals surface area (Å²) < 4.78 is 1.07. The minimum absolute atomic E-state index is 0. The second-order valence-electron chi connectivity index (χ2n) is 7.67. The van der Waals surface area contributed by atoms with Gasteiger partial charge in [0.25, 0.3) is 0 Å². The average molecular weight is 414 g/mol. The van der Waals surface area contributed by atoms with Gasteiger partial charge >= 0.3 is 0 Å². The maximum absolute atomic E-state index is 13.5. The van der Waals surface area contributed by atoms with Gasteiger partial charge in [-0.1, -0.05) is 40.9 Å². The number of halogens is 2. The number of likely N-dealkylation sites (tertiary alicyclic amines) is 1. The molecule has 0 radical (unpaired) electrons. The summed E-state index contributed by atoms with van der Waals surface area (Å²) >= 11 is 3.50. The Morgan fingerprint density at radius 3 is 2.42 bits per heavy atom. The van der Waals surface area contributed by atoms with Gasteiger partial charge in [-0.2, -0.15) is 0 Å². The van der Waals surface area contributed by atoms with Crippen LogP contribution in [0.2, 0.25) is 0 Å². The molecule has 1 amide bonds. The molecule has 3 aliphatic rings. The highest BCUT2D eigenvalue weighted by atomic mass is 79.9. The van der Waals surface area contributed by atoms with Gasteiger partial charge in [0, 0.05) is 23.6 Å². The molecule has 3 unspecified atom stereocenters. The standard InChI is InChI=1S/C19H25BrN2O.ClH/c20-15-6-4-14(5-7-15)19(9-1-2-10-19)18(23)22-11-13-3-8-17(21)16(13)12-22;/h4-7,13,16-17H,1-3,8-12,21H2;1H. The van der Waals surface area contributed by atoms with E-state index in [2.05, 4.69) is 45.1 Å². The van der Waals surface area contributed by atoms with E-state index in [-0.39, 0.29) is 17.8 Å². The molecule has 1 saturated heterocycles. The number of carbonyl (C=O) groups is 1. The number of hydrogen-bond donors (Lipinski definition) is 1. The van der Waals surface area contributed by atoms with E-state index in [1.54, 1.807) is 0 Å². The number of hydrogen-bond acceptors (Lipinski definition) is 2. The Morgan fingerprint density at radius 2 is 1.79 bits per heavy atom. The van der Waals surface area contributed by atoms with Crippen molar-refractivity contribution in [2.24, 2.45) is 17.6 Å². The number of nitrogens with zero attached hydrogens (tertiary/aromatic N) is 1. The van der Waals surface area contributed by atoms with Crippen LogP contribution < -0.4 is 5.73 Å². The number of rotatable bonds is 2. The Morgan fingerprint density at radius 1 is 1.12 bits per heavy atom. The molecule has 3 nitrogen and oxygen atoms in total. The summed E-state index contributed by atoms with van der Waals surface area (Å²) in [5.74, 6) is 1.53. The van der Waals surface area contributed by atoms with E-state index in [9.17, 15) is 4.79 Å². The highest BCUT2D eigenvalue weighted by Gasteiger charge is 2.49. The second-order valence-corrected chi connectivity index (χ2v) is 8.59. The Labute approximate surface area is 158 Å². The zero-order chi connectivity index (χ0) is 16.0. The predicted octanol–water partition coefficient (Wildman–Crippen LogP) is 3.88. The van der Waals surface area contributed by atoms with Crippen LogP contribution in [0, 0.1) is 11.8 Å². The smallest absolute Gasteiger partial charge is 0.233 e. The fraction of sp³-hybridized carbons (Fsp3) is 0.632. The quantitative estimate of drug-likeness (QED) is 0.800. The SMILES string of the molecule is Cl.NC1CCC2CN(C(=O)C3(c4ccc(Br)cc4)CCCC3)CC12. The summed E-state index contributed by atoms with van der Waals surface area (Å²) in [6.07, 6.45) is 6.62. The van der Waals surface area contributed by atoms with Crippen LogP contribution in [-0.4, -0.2) is 29.9 Å². The third-order valence-electron chi connectivity index (χ3n) is 6.46. The third-order valence-corrected chi connectivity index (χ3v) is 6.99. The van der Waals surface area contributed by atoms with E-state index in [0.29, 0.717) is 23.8 Å². The van der Waals surface area contributed by atoms with Crippen molar-refractivity contribution in [3.8, 4) is 0 Å². The number of nitrogens with two attached hydrogens (primary N) is 1. The maximum Gasteiger partial charge on any atom is 0.233 e. The van der Waals surface area contributed by atoms with Crippen LogP contribution in [0.5, 0.6) is 0 Å². The van der Waals surface area contributed by atoms with Crippen LogP contribution in [-0.2, 0) is 10.2 Å². The Bertz CT molecular complexity index is 600. The summed E-state index contributed by atoms with van der Waals surface area (Å²) in [5.41, 5.74) is 7.16. The molecule has 2 aliphatic carbocycles. The molecular formula is C19H26BrClN2O. The van der Waals surface area contributed by atoms with Crippen LogP contribution in [0.25, 0.3) is 0 Å². The van der Waals surface area contributed by atoms with E-state index >= 15 is 0 Å². The first-order valence-electron chi connectivity index (χ1n) is 8.91. The Balaban J connectivity index is 0.00000169. The Kier molecular flexibility index (Phi) is 5.29. The molecule has 0 aromatic heterocycles. The van der Waals surface area contributed by atoms with Crippen molar-refractivity contribution in [2.75, 3.05) is 13.1 Å². The van der Waals surface area contributed by atoms with Crippen molar-refractivity contribution in [1.82, 2.24) is 4.90 Å². The zero-order valence-electron chi connectivity index (χ0n) is 13.9. The minimum atomic E-state index is -0.288. The summed E-state index contributed by atoms with van der Waals surface area (Å²) in [4.78, 5) is 15.6. The average Bonchev–Trinajstić information content (AvgIpc) is 3.26. The number of fused-ring (bicyclic) bond motifs is 1. The summed E-state index contributed by atoms with van der Waals surface area (Å²) in [6.45, 7) is 1.80. The van der Waals surface area contributed by atoms with Gasteiger partial charge in [0.15, 0.2) is 0 Å². The van der Waals surface area contributed by atoms with Crippen molar-refractivity contribution in [1.29, 1.82) is 0 Å². The van der Waals surface area contributed by atoms with E-state index < -0.39 is 0 Å². The molecule has 3 atom stereocenters. The van der Waals surface area contributed by atoms with Gasteiger partial charge < -0.3 is 10.6 Å². The molecule has 0 bridgehead atoms. The van der Waals surface area contributed by atoms with Crippen molar-refractivity contribution in [3.05, 3.63) is 34.3 Å². The first kappa shape index (κ1) is 18.2. The largest absolute Gasteiger partial charge is 0.341 e. The van der Waals surface area contributed by atoms with E-state index in [1.807, 2.05) is 0 Å². The Hall–Kier alpha value is -0.580. The van der Waals surface area contributed by atoms with Gasteiger partial charge in [-0.05, 0) is 55.2 Å². The van der Waals surface area contributed by atoms with Gasteiger partial charge in [-0.25, -0.2) is 0 Å². The second kappa shape index (κ2) is 6.97. The van der Waals surface area contributed by atoms with Crippen molar-refractivity contribution < 1.29 is 4.79 Å². The number of carbonyl (C=O) groups excluding carboxylic acids is 1. The first-order valence-corrected chi connectivity index (χ1v) is 9.70. The molecule has 0 spiro atoms. The molecule has 1 aromatic rings. The molecular weight excluding hydrogens is 388 g/mol. The molecule has 1 heterocycles. The lowest BCUT2D eigenvalue weighted by Gasteiger charge is -2.33. The van der Waals surface area contributed by atoms with E-state index in [0.717, 1.165) is 49.7 Å². The summed E-state index contributed by atoms with van der Waals surface area (Å²) in [6, 6.07) is 8.70. The number of amides is 1. The van der Waals surface area contributed by atoms with Crippen LogP contribution in [0.4, 0.5) is 0 Å². The monoisotopic (exact) mass is 412 g/mol. The van der Waals surface area contributed by atoms with E-state index in [4.69, 9.17) is 5.73 Å². The van der Waals surface area contributed by atoms with Gasteiger partial charge in [-0.3, -0.25) is 4.79 Å². The lowest BCUT2D eigenvalue weighted by Crippen LogP contribution is -2.45. The van der Waals surface area contributed by atoms with Crippen LogP contribution in [0.3, 0.4) is 0 Å². The fourth-order valence-corrected chi connectivity index (χ4v) is 5.41. The number of benzene rings is 1. The van der Waals surface area contributed by atoms with Gasteiger partial charge in [0.2, 0.25) is 5.91 Å². The van der Waals surface area contributed by atoms with Gasteiger partial charge in [0.1, 0.15) is 0 Å². The normalized spacial score (nSPS) is 30.9. The fourth-order valence-electron chi connectivity index (χ4n) is 5.15. The topological polar surface area (TPSA) is 46.3 Å². The van der Waals surface area contributed by atoms with E-state index in [1.165, 1.54) is 12.0 Å². The molecule has 3 fully saturated rings. The molecule has 4 rings (SSSR count). The summed E-state index contributed by atoms with van der Waals surface area (Å²) in [7, 11) is 0. The van der Waals surface area contributed by atoms with Crippen LogP contribution in [0.1, 0.15) is 44.1 Å². The zero-order valence-corrected chi connectivity index (χ0v) is 16.3. The predicted molar refractivity (Wildman–Crippen MR) is 102 cm³/mol. The summed E-state index contributed by atoms with van der Waals surface area (Å²) in [5, 5.41) is 0. The van der Waals surface area contributed by atoms with Crippen LogP contribution in [0.15, 0.2) is 28.7 Å². The molecule has 132 valence electrons. The van der Waals surface area contributed by atoms with Crippen molar-refractivity contribution >= 4 is 34.2 Å². The molecule has 1 aliphatic heterocycles. The highest BCUT2D eigenvalue weighted by Crippen LogP contribution is 2.45. The van der Waals surface area contributed by atoms with Gasteiger partial charge in [-0.15, -0.1) is 12.4 Å². The lowest BCUT2D eigenvalue weighted by molar-refractivity contribution is -0.136.